The molecule has 3 rings (SSSR count). The maximum atomic E-state index is 13.1. The number of nitriles is 1. The van der Waals surface area contributed by atoms with Crippen LogP contribution in [-0.2, 0) is 6.54 Å². The van der Waals surface area contributed by atoms with Gasteiger partial charge in [-0.25, -0.2) is 4.98 Å². The molecule has 6 heteroatoms. The molecule has 132 valence electrons. The predicted octanol–water partition coefficient (Wildman–Crippen LogP) is 3.80. The second kappa shape index (κ2) is 6.96. The van der Waals surface area contributed by atoms with Gasteiger partial charge in [0.2, 0.25) is 0 Å². The third-order valence-electron chi connectivity index (χ3n) is 4.31. The van der Waals surface area contributed by atoms with E-state index in [1.54, 1.807) is 31.0 Å². The average molecular weight is 348 g/mol. The van der Waals surface area contributed by atoms with Crippen molar-refractivity contribution in [3.63, 3.8) is 0 Å². The van der Waals surface area contributed by atoms with Gasteiger partial charge in [0, 0.05) is 19.3 Å². The summed E-state index contributed by atoms with van der Waals surface area (Å²) in [5.41, 5.74) is 3.94. The van der Waals surface area contributed by atoms with Crippen LogP contribution in [0, 0.1) is 18.3 Å². The van der Waals surface area contributed by atoms with Crippen LogP contribution in [0.2, 0.25) is 0 Å². The van der Waals surface area contributed by atoms with E-state index >= 15 is 0 Å². The van der Waals surface area contributed by atoms with Crippen molar-refractivity contribution in [3.8, 4) is 6.07 Å². The topological polar surface area (TPSA) is 83.0 Å². The van der Waals surface area contributed by atoms with Gasteiger partial charge in [0.1, 0.15) is 0 Å². The molecule has 0 saturated heterocycles. The number of carbonyl (C=O) groups is 1. The van der Waals surface area contributed by atoms with E-state index in [1.807, 2.05) is 32.0 Å². The van der Waals surface area contributed by atoms with Gasteiger partial charge in [-0.1, -0.05) is 31.1 Å². The van der Waals surface area contributed by atoms with Crippen molar-refractivity contribution in [2.75, 3.05) is 7.05 Å². The first kappa shape index (κ1) is 17.6. The second-order valence-electron chi connectivity index (χ2n) is 6.67. The van der Waals surface area contributed by atoms with Crippen LogP contribution in [-0.4, -0.2) is 28.0 Å². The minimum atomic E-state index is -0.116. The first-order valence-corrected chi connectivity index (χ1v) is 8.42. The highest BCUT2D eigenvalue weighted by atomic mass is 16.5. The fraction of sp³-hybridized carbons (Fsp3) is 0.300. The molecule has 0 aliphatic carbocycles. The van der Waals surface area contributed by atoms with Crippen LogP contribution >= 0.6 is 0 Å². The normalized spacial score (nSPS) is 10.9. The Balaban J connectivity index is 1.95. The summed E-state index contributed by atoms with van der Waals surface area (Å²) < 4.78 is 5.29. The van der Waals surface area contributed by atoms with E-state index in [2.05, 4.69) is 16.2 Å². The molecule has 0 saturated carbocycles. The molecule has 2 heterocycles. The van der Waals surface area contributed by atoms with E-state index in [1.165, 1.54) is 0 Å². The molecule has 0 aliphatic rings. The highest BCUT2D eigenvalue weighted by molar-refractivity contribution is 6.05. The number of benzene rings is 1. The standard InChI is InChI=1S/C20H20N4O2/c1-12(2)17-9-16(18-13(3)23-26-19(18)22-17)20(25)24(4)11-15-7-5-14(10-21)6-8-15/h5-9,12H,11H2,1-4H3. The van der Waals surface area contributed by atoms with Gasteiger partial charge in [-0.2, -0.15) is 5.26 Å². The highest BCUT2D eigenvalue weighted by Gasteiger charge is 2.22. The Morgan fingerprint density at radius 3 is 2.62 bits per heavy atom. The molecule has 0 N–H and O–H groups in total. The Bertz CT molecular complexity index is 997. The van der Waals surface area contributed by atoms with Gasteiger partial charge in [-0.05, 0) is 36.6 Å². The van der Waals surface area contributed by atoms with Crippen LogP contribution in [0.5, 0.6) is 0 Å². The Labute approximate surface area is 152 Å². The zero-order chi connectivity index (χ0) is 18.8. The lowest BCUT2D eigenvalue weighted by molar-refractivity contribution is 0.0786. The number of pyridine rings is 1. The number of aromatic nitrogens is 2. The Kier molecular flexibility index (Phi) is 4.72. The highest BCUT2D eigenvalue weighted by Crippen LogP contribution is 2.26. The number of nitrogens with zero attached hydrogens (tertiary/aromatic N) is 4. The summed E-state index contributed by atoms with van der Waals surface area (Å²) in [4.78, 5) is 19.2. The third kappa shape index (κ3) is 3.29. The quantitative estimate of drug-likeness (QED) is 0.716. The van der Waals surface area contributed by atoms with Crippen molar-refractivity contribution in [1.82, 2.24) is 15.0 Å². The van der Waals surface area contributed by atoms with E-state index in [0.29, 0.717) is 34.5 Å². The van der Waals surface area contributed by atoms with E-state index in [0.717, 1.165) is 11.3 Å². The molecule has 0 spiro atoms. The molecule has 0 unspecified atom stereocenters. The number of amides is 1. The monoisotopic (exact) mass is 348 g/mol. The summed E-state index contributed by atoms with van der Waals surface area (Å²) in [6, 6.07) is 11.1. The first-order chi connectivity index (χ1) is 12.4. The minimum Gasteiger partial charge on any atom is -0.337 e. The van der Waals surface area contributed by atoms with Crippen molar-refractivity contribution >= 4 is 17.0 Å². The molecule has 2 aromatic heterocycles. The van der Waals surface area contributed by atoms with Gasteiger partial charge in [0.25, 0.3) is 11.6 Å². The molecule has 0 aliphatic heterocycles. The number of hydrogen-bond donors (Lipinski definition) is 0. The number of carbonyl (C=O) groups excluding carboxylic acids is 1. The molecule has 1 aromatic carbocycles. The molecular weight excluding hydrogens is 328 g/mol. The zero-order valence-corrected chi connectivity index (χ0v) is 15.3. The summed E-state index contributed by atoms with van der Waals surface area (Å²) >= 11 is 0. The molecule has 3 aromatic rings. The lowest BCUT2D eigenvalue weighted by atomic mass is 10.0. The van der Waals surface area contributed by atoms with E-state index in [9.17, 15) is 4.79 Å². The van der Waals surface area contributed by atoms with Crippen molar-refractivity contribution in [1.29, 1.82) is 5.26 Å². The van der Waals surface area contributed by atoms with Gasteiger partial charge >= 0.3 is 0 Å². The maximum absolute atomic E-state index is 13.1. The lowest BCUT2D eigenvalue weighted by Gasteiger charge is -2.18. The Hall–Kier alpha value is -3.20. The molecule has 0 fully saturated rings. The Morgan fingerprint density at radius 2 is 2.00 bits per heavy atom. The number of fused-ring (bicyclic) bond motifs is 1. The summed E-state index contributed by atoms with van der Waals surface area (Å²) in [5.74, 6) is 0.0511. The zero-order valence-electron chi connectivity index (χ0n) is 15.3. The van der Waals surface area contributed by atoms with Crippen LogP contribution < -0.4 is 0 Å². The van der Waals surface area contributed by atoms with E-state index in [4.69, 9.17) is 9.78 Å². The first-order valence-electron chi connectivity index (χ1n) is 8.42. The summed E-state index contributed by atoms with van der Waals surface area (Å²) in [5, 5.41) is 13.5. The number of rotatable bonds is 4. The second-order valence-corrected chi connectivity index (χ2v) is 6.67. The van der Waals surface area contributed by atoms with E-state index < -0.39 is 0 Å². The van der Waals surface area contributed by atoms with Crippen LogP contribution in [0.3, 0.4) is 0 Å². The van der Waals surface area contributed by atoms with Gasteiger partial charge in [0.05, 0.1) is 28.3 Å². The van der Waals surface area contributed by atoms with Crippen molar-refractivity contribution in [2.45, 2.75) is 33.2 Å². The summed E-state index contributed by atoms with van der Waals surface area (Å²) in [6.45, 7) is 6.29. The minimum absolute atomic E-state index is 0.116. The van der Waals surface area contributed by atoms with Gasteiger partial charge in [0.15, 0.2) is 0 Å². The fourth-order valence-corrected chi connectivity index (χ4v) is 2.81. The molecule has 6 nitrogen and oxygen atoms in total. The molecule has 26 heavy (non-hydrogen) atoms. The maximum Gasteiger partial charge on any atom is 0.259 e. The van der Waals surface area contributed by atoms with Gasteiger partial charge in [-0.15, -0.1) is 0 Å². The average Bonchev–Trinajstić information content (AvgIpc) is 3.02. The third-order valence-corrected chi connectivity index (χ3v) is 4.31. The van der Waals surface area contributed by atoms with Crippen LogP contribution in [0.1, 0.15) is 52.6 Å². The van der Waals surface area contributed by atoms with Crippen LogP contribution in [0.25, 0.3) is 11.1 Å². The van der Waals surface area contributed by atoms with Gasteiger partial charge < -0.3 is 9.42 Å². The Morgan fingerprint density at radius 1 is 1.31 bits per heavy atom. The lowest BCUT2D eigenvalue weighted by Crippen LogP contribution is -2.26. The largest absolute Gasteiger partial charge is 0.337 e. The van der Waals surface area contributed by atoms with Gasteiger partial charge in [-0.3, -0.25) is 4.79 Å². The van der Waals surface area contributed by atoms with Crippen molar-refractivity contribution in [2.24, 2.45) is 0 Å². The predicted molar refractivity (Wildman–Crippen MR) is 97.6 cm³/mol. The number of aryl methyl sites for hydroxylation is 1. The molecule has 0 atom stereocenters. The summed E-state index contributed by atoms with van der Waals surface area (Å²) in [7, 11) is 1.75. The van der Waals surface area contributed by atoms with E-state index in [-0.39, 0.29) is 11.8 Å². The molecule has 0 radical (unpaired) electrons. The molecule has 0 bridgehead atoms. The van der Waals surface area contributed by atoms with Crippen molar-refractivity contribution in [3.05, 3.63) is 58.4 Å². The van der Waals surface area contributed by atoms with Crippen LogP contribution in [0.15, 0.2) is 34.9 Å². The van der Waals surface area contributed by atoms with Crippen molar-refractivity contribution < 1.29 is 9.32 Å². The van der Waals surface area contributed by atoms with Crippen LogP contribution in [0.4, 0.5) is 0 Å². The SMILES string of the molecule is Cc1noc2nc(C(C)C)cc(C(=O)N(C)Cc3ccc(C#N)cc3)c12. The molecule has 1 amide bonds. The summed E-state index contributed by atoms with van der Waals surface area (Å²) in [6.07, 6.45) is 0. The molecular formula is C20H20N4O2. The number of hydrogen-bond acceptors (Lipinski definition) is 5. The fourth-order valence-electron chi connectivity index (χ4n) is 2.81. The smallest absolute Gasteiger partial charge is 0.259 e.